The van der Waals surface area contributed by atoms with Crippen LogP contribution >= 0.6 is 0 Å². The summed E-state index contributed by atoms with van der Waals surface area (Å²) in [6, 6.07) is 17.8. The van der Waals surface area contributed by atoms with Crippen LogP contribution < -0.4 is 9.91 Å². The van der Waals surface area contributed by atoms with Crippen molar-refractivity contribution in [2.75, 3.05) is 30.5 Å². The summed E-state index contributed by atoms with van der Waals surface area (Å²) in [4.78, 5) is 2.13. The first-order valence-electron chi connectivity index (χ1n) is 12.9. The molecular formula is C29H43N3. The molecule has 3 nitrogen and oxygen atoms in total. The maximum Gasteiger partial charge on any atom is 0.0700 e. The van der Waals surface area contributed by atoms with E-state index in [1.807, 2.05) is 0 Å². The molecule has 1 aliphatic rings. The number of hydrogen-bond acceptors (Lipinski definition) is 3. The Bertz CT molecular complexity index is 805. The minimum absolute atomic E-state index is 0.961. The minimum atomic E-state index is 0.961. The van der Waals surface area contributed by atoms with Gasteiger partial charge < -0.3 is 4.90 Å². The number of unbranched alkanes of at least 4 members (excludes halogenated alkanes) is 9. The van der Waals surface area contributed by atoms with Gasteiger partial charge in [0.2, 0.25) is 0 Å². The van der Waals surface area contributed by atoms with Crippen molar-refractivity contribution < 1.29 is 0 Å². The maximum absolute atomic E-state index is 4.90. The largest absolute Gasteiger partial charge is 0.378 e. The van der Waals surface area contributed by atoms with Crippen molar-refractivity contribution >= 4 is 17.1 Å². The fourth-order valence-electron chi connectivity index (χ4n) is 4.45. The third kappa shape index (κ3) is 7.69. The smallest absolute Gasteiger partial charge is 0.0700 e. The van der Waals surface area contributed by atoms with E-state index in [9.17, 15) is 0 Å². The highest BCUT2D eigenvalue weighted by atomic mass is 15.5. The fourth-order valence-corrected chi connectivity index (χ4v) is 4.45. The van der Waals surface area contributed by atoms with E-state index in [-0.39, 0.29) is 0 Å². The minimum Gasteiger partial charge on any atom is -0.378 e. The van der Waals surface area contributed by atoms with Crippen molar-refractivity contribution in [2.24, 2.45) is 5.10 Å². The molecule has 2 aromatic rings. The van der Waals surface area contributed by atoms with Gasteiger partial charge in [-0.1, -0.05) is 89.0 Å². The topological polar surface area (TPSA) is 18.8 Å². The predicted molar refractivity (Wildman–Crippen MR) is 141 cm³/mol. The predicted octanol–water partition coefficient (Wildman–Crippen LogP) is 7.83. The van der Waals surface area contributed by atoms with Crippen molar-refractivity contribution in [1.29, 1.82) is 0 Å². The van der Waals surface area contributed by atoms with E-state index in [0.29, 0.717) is 0 Å². The third-order valence-electron chi connectivity index (χ3n) is 6.57. The highest BCUT2D eigenvalue weighted by molar-refractivity contribution is 6.02. The zero-order chi connectivity index (χ0) is 22.6. The Labute approximate surface area is 196 Å². The average Bonchev–Trinajstić information content (AvgIpc) is 3.31. The molecule has 174 valence electrons. The Morgan fingerprint density at radius 3 is 1.94 bits per heavy atom. The van der Waals surface area contributed by atoms with Crippen molar-refractivity contribution in [1.82, 2.24) is 0 Å². The second-order valence-corrected chi connectivity index (χ2v) is 9.46. The van der Waals surface area contributed by atoms with Crippen LogP contribution in [-0.4, -0.2) is 26.4 Å². The van der Waals surface area contributed by atoms with Gasteiger partial charge in [-0.15, -0.1) is 0 Å². The van der Waals surface area contributed by atoms with Gasteiger partial charge in [0.15, 0.2) is 0 Å². The summed E-state index contributed by atoms with van der Waals surface area (Å²) >= 11 is 0. The standard InChI is InChI=1S/C29H43N3/c1-4-5-6-7-8-9-10-11-12-13-14-25-15-19-28(20-16-25)32-24-23-29(30-32)26-17-21-27(22-18-26)31(2)3/h15-22H,4-14,23-24H2,1-3H3. The van der Waals surface area contributed by atoms with E-state index in [4.69, 9.17) is 5.10 Å². The van der Waals surface area contributed by atoms with Crippen LogP contribution in [0.15, 0.2) is 53.6 Å². The van der Waals surface area contributed by atoms with Crippen LogP contribution in [0.25, 0.3) is 0 Å². The molecule has 0 radical (unpaired) electrons. The summed E-state index contributed by atoms with van der Waals surface area (Å²) in [5.41, 5.74) is 6.30. The van der Waals surface area contributed by atoms with Crippen LogP contribution in [0.1, 0.15) is 88.7 Å². The monoisotopic (exact) mass is 433 g/mol. The summed E-state index contributed by atoms with van der Waals surface area (Å²) in [7, 11) is 4.15. The Balaban J connectivity index is 1.37. The summed E-state index contributed by atoms with van der Waals surface area (Å²) in [5, 5.41) is 7.05. The molecule has 3 rings (SSSR count). The fraction of sp³-hybridized carbons (Fsp3) is 0.552. The number of nitrogens with zero attached hydrogens (tertiary/aromatic N) is 3. The number of hydrogen-bond donors (Lipinski definition) is 0. The van der Waals surface area contributed by atoms with Crippen molar-refractivity contribution in [3.8, 4) is 0 Å². The molecule has 2 aromatic carbocycles. The lowest BCUT2D eigenvalue weighted by Crippen LogP contribution is -2.11. The Hall–Kier alpha value is -2.29. The van der Waals surface area contributed by atoms with E-state index in [2.05, 4.69) is 79.5 Å². The molecule has 0 bridgehead atoms. The summed E-state index contributed by atoms with van der Waals surface area (Å²) in [6.07, 6.45) is 16.2. The number of benzene rings is 2. The van der Waals surface area contributed by atoms with E-state index in [1.165, 1.54) is 98.8 Å². The molecule has 0 fully saturated rings. The second kappa shape index (κ2) is 13.3. The van der Waals surface area contributed by atoms with E-state index in [0.717, 1.165) is 13.0 Å². The van der Waals surface area contributed by atoms with Gasteiger partial charge in [-0.25, -0.2) is 0 Å². The number of anilines is 2. The van der Waals surface area contributed by atoms with Crippen molar-refractivity contribution in [2.45, 2.75) is 84.0 Å². The van der Waals surface area contributed by atoms with Crippen LogP contribution in [-0.2, 0) is 6.42 Å². The molecule has 0 saturated heterocycles. The van der Waals surface area contributed by atoms with Crippen LogP contribution in [0.3, 0.4) is 0 Å². The Kier molecular flexibility index (Phi) is 10.1. The lowest BCUT2D eigenvalue weighted by Gasteiger charge is -2.14. The SMILES string of the molecule is CCCCCCCCCCCCc1ccc(N2CCC(c3ccc(N(C)C)cc3)=N2)cc1. The van der Waals surface area contributed by atoms with E-state index < -0.39 is 0 Å². The summed E-state index contributed by atoms with van der Waals surface area (Å²) in [6.45, 7) is 3.25. The van der Waals surface area contributed by atoms with Crippen LogP contribution in [0.5, 0.6) is 0 Å². The first-order chi connectivity index (χ1) is 15.7. The molecule has 32 heavy (non-hydrogen) atoms. The summed E-state index contributed by atoms with van der Waals surface area (Å²) in [5.74, 6) is 0. The molecule has 0 aromatic heterocycles. The molecule has 1 heterocycles. The van der Waals surface area contributed by atoms with Gasteiger partial charge in [-0.3, -0.25) is 5.01 Å². The van der Waals surface area contributed by atoms with Crippen LogP contribution in [0.4, 0.5) is 11.4 Å². The van der Waals surface area contributed by atoms with Gasteiger partial charge in [-0.2, -0.15) is 5.10 Å². The summed E-state index contributed by atoms with van der Waals surface area (Å²) < 4.78 is 0. The number of hydrazone groups is 1. The first-order valence-corrected chi connectivity index (χ1v) is 12.9. The number of rotatable bonds is 14. The average molecular weight is 434 g/mol. The van der Waals surface area contributed by atoms with Gasteiger partial charge in [0.25, 0.3) is 0 Å². The van der Waals surface area contributed by atoms with Gasteiger partial charge in [0.1, 0.15) is 0 Å². The van der Waals surface area contributed by atoms with E-state index in [1.54, 1.807) is 0 Å². The third-order valence-corrected chi connectivity index (χ3v) is 6.57. The molecule has 0 spiro atoms. The van der Waals surface area contributed by atoms with Gasteiger partial charge >= 0.3 is 0 Å². The molecule has 0 unspecified atom stereocenters. The van der Waals surface area contributed by atoms with Gasteiger partial charge in [0, 0.05) is 32.7 Å². The lowest BCUT2D eigenvalue weighted by molar-refractivity contribution is 0.556. The molecule has 0 amide bonds. The van der Waals surface area contributed by atoms with Gasteiger partial charge in [0.05, 0.1) is 11.4 Å². The quantitative estimate of drug-likeness (QED) is 0.283. The molecule has 0 N–H and O–H groups in total. The normalized spacial score (nSPS) is 13.5. The Morgan fingerprint density at radius 1 is 0.750 bits per heavy atom. The molecule has 1 aliphatic heterocycles. The van der Waals surface area contributed by atoms with Crippen LogP contribution in [0.2, 0.25) is 0 Å². The highest BCUT2D eigenvalue weighted by Crippen LogP contribution is 2.24. The maximum atomic E-state index is 4.90. The van der Waals surface area contributed by atoms with Gasteiger partial charge in [-0.05, 0) is 48.2 Å². The molecule has 0 saturated carbocycles. The highest BCUT2D eigenvalue weighted by Gasteiger charge is 2.17. The van der Waals surface area contributed by atoms with E-state index >= 15 is 0 Å². The second-order valence-electron chi connectivity index (χ2n) is 9.46. The zero-order valence-electron chi connectivity index (χ0n) is 20.7. The lowest BCUT2D eigenvalue weighted by atomic mass is 10.0. The number of aryl methyl sites for hydroxylation is 1. The zero-order valence-corrected chi connectivity index (χ0v) is 20.7. The van der Waals surface area contributed by atoms with Crippen molar-refractivity contribution in [3.63, 3.8) is 0 Å². The molecule has 3 heteroatoms. The molecule has 0 atom stereocenters. The molecule has 0 aliphatic carbocycles. The van der Waals surface area contributed by atoms with Crippen molar-refractivity contribution in [3.05, 3.63) is 59.7 Å². The molecular weight excluding hydrogens is 390 g/mol. The Morgan fingerprint density at radius 2 is 1.34 bits per heavy atom. The first kappa shape index (κ1) is 24.4. The van der Waals surface area contributed by atoms with Crippen LogP contribution in [0, 0.1) is 0 Å².